The number of nitrogens with one attached hydrogen (secondary N) is 1. The Labute approximate surface area is 113 Å². The Hall–Kier alpha value is -1.22. The normalized spacial score (nSPS) is 14.3. The number of halogens is 1. The number of benzene rings is 1. The van der Waals surface area contributed by atoms with E-state index in [2.05, 4.69) is 12.2 Å². The number of nitrogens with zero attached hydrogens (tertiary/aromatic N) is 1. The zero-order chi connectivity index (χ0) is 13.0. The summed E-state index contributed by atoms with van der Waals surface area (Å²) in [6.45, 7) is 3.79. The largest absolute Gasteiger partial charge is 0.324 e. The van der Waals surface area contributed by atoms with E-state index in [1.54, 1.807) is 12.1 Å². The molecule has 4 heteroatoms. The Morgan fingerprint density at radius 3 is 2.61 bits per heavy atom. The van der Waals surface area contributed by atoms with Gasteiger partial charge in [0.1, 0.15) is 0 Å². The number of hydrogen-bond acceptors (Lipinski definition) is 1. The maximum absolute atomic E-state index is 12.1. The fraction of sp³-hybridized carbons (Fsp3) is 0.500. The lowest BCUT2D eigenvalue weighted by molar-refractivity contribution is 0.209. The minimum Gasteiger partial charge on any atom is -0.324 e. The maximum atomic E-state index is 12.1. The van der Waals surface area contributed by atoms with Gasteiger partial charge in [-0.3, -0.25) is 0 Å². The van der Waals surface area contributed by atoms with Crippen molar-refractivity contribution in [3.8, 4) is 0 Å². The van der Waals surface area contributed by atoms with Gasteiger partial charge in [0.15, 0.2) is 0 Å². The Morgan fingerprint density at radius 1 is 1.39 bits per heavy atom. The number of carbonyl (C=O) groups is 1. The van der Waals surface area contributed by atoms with Crippen molar-refractivity contribution in [2.24, 2.45) is 5.92 Å². The Bertz CT molecular complexity index is 401. The molecule has 0 atom stereocenters. The van der Waals surface area contributed by atoms with Gasteiger partial charge >= 0.3 is 6.03 Å². The minimum absolute atomic E-state index is 0.00827. The van der Waals surface area contributed by atoms with Gasteiger partial charge in [-0.1, -0.05) is 18.5 Å². The van der Waals surface area contributed by atoms with Crippen molar-refractivity contribution in [1.82, 2.24) is 4.90 Å². The molecule has 1 aromatic carbocycles. The molecule has 3 nitrogen and oxygen atoms in total. The summed E-state index contributed by atoms with van der Waals surface area (Å²) >= 11 is 5.81. The van der Waals surface area contributed by atoms with Gasteiger partial charge in [-0.2, -0.15) is 0 Å². The van der Waals surface area contributed by atoms with Gasteiger partial charge in [0, 0.05) is 23.8 Å². The second-order valence-electron chi connectivity index (χ2n) is 4.83. The SMILES string of the molecule is CCCN(CC1CC1)C(=O)Nc1ccc(Cl)cc1. The van der Waals surface area contributed by atoms with Crippen LogP contribution in [0.25, 0.3) is 0 Å². The molecule has 0 heterocycles. The molecule has 0 radical (unpaired) electrons. The van der Waals surface area contributed by atoms with Crippen molar-refractivity contribution in [3.05, 3.63) is 29.3 Å². The number of amides is 2. The summed E-state index contributed by atoms with van der Waals surface area (Å²) in [5, 5.41) is 3.59. The maximum Gasteiger partial charge on any atom is 0.321 e. The molecule has 1 aliphatic carbocycles. The first kappa shape index (κ1) is 13.2. The zero-order valence-corrected chi connectivity index (χ0v) is 11.4. The van der Waals surface area contributed by atoms with Gasteiger partial charge in [-0.15, -0.1) is 0 Å². The van der Waals surface area contributed by atoms with E-state index in [1.807, 2.05) is 17.0 Å². The van der Waals surface area contributed by atoms with Gasteiger partial charge < -0.3 is 10.2 Å². The van der Waals surface area contributed by atoms with Crippen LogP contribution < -0.4 is 5.32 Å². The first-order chi connectivity index (χ1) is 8.69. The van der Waals surface area contributed by atoms with Crippen molar-refractivity contribution in [1.29, 1.82) is 0 Å². The molecule has 0 saturated heterocycles. The number of hydrogen-bond donors (Lipinski definition) is 1. The lowest BCUT2D eigenvalue weighted by Crippen LogP contribution is -2.37. The molecule has 1 saturated carbocycles. The molecule has 1 fully saturated rings. The van der Waals surface area contributed by atoms with E-state index < -0.39 is 0 Å². The van der Waals surface area contributed by atoms with Crippen LogP contribution in [0.15, 0.2) is 24.3 Å². The average Bonchev–Trinajstić information content (AvgIpc) is 3.15. The first-order valence-electron chi connectivity index (χ1n) is 6.50. The van der Waals surface area contributed by atoms with Gasteiger partial charge in [-0.25, -0.2) is 4.79 Å². The van der Waals surface area contributed by atoms with Crippen molar-refractivity contribution in [3.63, 3.8) is 0 Å². The van der Waals surface area contributed by atoms with E-state index in [-0.39, 0.29) is 6.03 Å². The molecular weight excluding hydrogens is 248 g/mol. The molecular formula is C14H19ClN2O. The van der Waals surface area contributed by atoms with Crippen LogP contribution >= 0.6 is 11.6 Å². The second kappa shape index (κ2) is 6.10. The van der Waals surface area contributed by atoms with E-state index in [0.29, 0.717) is 10.9 Å². The molecule has 0 spiro atoms. The molecule has 0 aliphatic heterocycles. The van der Waals surface area contributed by atoms with E-state index in [0.717, 1.165) is 25.2 Å². The van der Waals surface area contributed by atoms with Crippen molar-refractivity contribution >= 4 is 23.3 Å². The van der Waals surface area contributed by atoms with Gasteiger partial charge in [0.2, 0.25) is 0 Å². The summed E-state index contributed by atoms with van der Waals surface area (Å²) in [5.74, 6) is 0.715. The van der Waals surface area contributed by atoms with Crippen LogP contribution in [-0.4, -0.2) is 24.0 Å². The molecule has 1 aliphatic rings. The van der Waals surface area contributed by atoms with Gasteiger partial charge in [-0.05, 0) is 49.4 Å². The molecule has 2 amide bonds. The summed E-state index contributed by atoms with van der Waals surface area (Å²) in [6, 6.07) is 7.19. The van der Waals surface area contributed by atoms with Crippen LogP contribution in [0, 0.1) is 5.92 Å². The molecule has 1 N–H and O–H groups in total. The smallest absolute Gasteiger partial charge is 0.321 e. The fourth-order valence-corrected chi connectivity index (χ4v) is 2.02. The number of rotatable bonds is 5. The standard InChI is InChI=1S/C14H19ClN2O/c1-2-9-17(10-11-3-4-11)14(18)16-13-7-5-12(15)6-8-13/h5-8,11H,2-4,9-10H2,1H3,(H,16,18). The lowest BCUT2D eigenvalue weighted by Gasteiger charge is -2.22. The summed E-state index contributed by atoms with van der Waals surface area (Å²) in [6.07, 6.45) is 3.50. The number of anilines is 1. The molecule has 1 aromatic rings. The third-order valence-electron chi connectivity index (χ3n) is 3.05. The topological polar surface area (TPSA) is 32.3 Å². The second-order valence-corrected chi connectivity index (χ2v) is 5.26. The van der Waals surface area contributed by atoms with Crippen molar-refractivity contribution in [2.75, 3.05) is 18.4 Å². The van der Waals surface area contributed by atoms with Crippen molar-refractivity contribution < 1.29 is 4.79 Å². The van der Waals surface area contributed by atoms with Gasteiger partial charge in [0.05, 0.1) is 0 Å². The van der Waals surface area contributed by atoms with Gasteiger partial charge in [0.25, 0.3) is 0 Å². The fourth-order valence-electron chi connectivity index (χ4n) is 1.89. The lowest BCUT2D eigenvalue weighted by atomic mass is 10.3. The molecule has 18 heavy (non-hydrogen) atoms. The third-order valence-corrected chi connectivity index (χ3v) is 3.30. The molecule has 0 unspecified atom stereocenters. The Morgan fingerprint density at radius 2 is 2.06 bits per heavy atom. The molecule has 0 bridgehead atoms. The Balaban J connectivity index is 1.92. The first-order valence-corrected chi connectivity index (χ1v) is 6.88. The van der Waals surface area contributed by atoms with Crippen LogP contribution in [0.1, 0.15) is 26.2 Å². The van der Waals surface area contributed by atoms with E-state index in [1.165, 1.54) is 12.8 Å². The molecule has 2 rings (SSSR count). The highest BCUT2D eigenvalue weighted by atomic mass is 35.5. The highest BCUT2D eigenvalue weighted by Gasteiger charge is 2.26. The van der Waals surface area contributed by atoms with Crippen LogP contribution in [0.3, 0.4) is 0 Å². The summed E-state index contributed by atoms with van der Waals surface area (Å²) in [4.78, 5) is 14.0. The highest BCUT2D eigenvalue weighted by Crippen LogP contribution is 2.30. The van der Waals surface area contributed by atoms with Crippen LogP contribution in [0.5, 0.6) is 0 Å². The van der Waals surface area contributed by atoms with Crippen LogP contribution in [0.2, 0.25) is 5.02 Å². The third kappa shape index (κ3) is 3.91. The predicted molar refractivity (Wildman–Crippen MR) is 75.1 cm³/mol. The molecule has 0 aromatic heterocycles. The molecule has 98 valence electrons. The van der Waals surface area contributed by atoms with Crippen LogP contribution in [-0.2, 0) is 0 Å². The van der Waals surface area contributed by atoms with E-state index in [9.17, 15) is 4.79 Å². The monoisotopic (exact) mass is 266 g/mol. The summed E-state index contributed by atoms with van der Waals surface area (Å²) in [7, 11) is 0. The Kier molecular flexibility index (Phi) is 4.48. The predicted octanol–water partition coefficient (Wildman–Crippen LogP) is 3.99. The minimum atomic E-state index is -0.00827. The van der Waals surface area contributed by atoms with E-state index >= 15 is 0 Å². The van der Waals surface area contributed by atoms with Crippen LogP contribution in [0.4, 0.5) is 10.5 Å². The number of carbonyl (C=O) groups excluding carboxylic acids is 1. The van der Waals surface area contributed by atoms with Crippen molar-refractivity contribution in [2.45, 2.75) is 26.2 Å². The van der Waals surface area contributed by atoms with E-state index in [4.69, 9.17) is 11.6 Å². The summed E-state index contributed by atoms with van der Waals surface area (Å²) in [5.41, 5.74) is 0.793. The number of urea groups is 1. The quantitative estimate of drug-likeness (QED) is 0.859. The average molecular weight is 267 g/mol. The summed E-state index contributed by atoms with van der Waals surface area (Å²) < 4.78 is 0. The zero-order valence-electron chi connectivity index (χ0n) is 10.7. The highest BCUT2D eigenvalue weighted by molar-refractivity contribution is 6.30.